The van der Waals surface area contributed by atoms with Crippen molar-refractivity contribution in [2.24, 2.45) is 0 Å². The van der Waals surface area contributed by atoms with Gasteiger partial charge in [0.2, 0.25) is 0 Å². The number of nitrogens with one attached hydrogen (secondary N) is 1. The number of methoxy groups -OCH3 is 1. The van der Waals surface area contributed by atoms with Crippen LogP contribution in [0.2, 0.25) is 0 Å². The van der Waals surface area contributed by atoms with E-state index in [0.717, 1.165) is 28.1 Å². The number of aryl methyl sites for hydroxylation is 1. The quantitative estimate of drug-likeness (QED) is 0.445. The van der Waals surface area contributed by atoms with Gasteiger partial charge in [0.1, 0.15) is 11.3 Å². The highest BCUT2D eigenvalue weighted by molar-refractivity contribution is 6.06. The second-order valence-electron chi connectivity index (χ2n) is 7.84. The van der Waals surface area contributed by atoms with E-state index in [2.05, 4.69) is 10.4 Å². The molecule has 0 aliphatic heterocycles. The Hall–Kier alpha value is -4.39. The number of carbonyl (C=O) groups excluding carboxylic acids is 1. The zero-order valence-electron chi connectivity index (χ0n) is 18.3. The lowest BCUT2D eigenvalue weighted by molar-refractivity contribution is 0.102. The molecule has 164 valence electrons. The second kappa shape index (κ2) is 8.27. The van der Waals surface area contributed by atoms with Gasteiger partial charge in [-0.15, -0.1) is 0 Å². The molecule has 0 saturated heterocycles. The van der Waals surface area contributed by atoms with Gasteiger partial charge in [-0.25, -0.2) is 4.52 Å². The Morgan fingerprint density at radius 2 is 1.76 bits per heavy atom. The monoisotopic (exact) mass is 438 g/mol. The lowest BCUT2D eigenvalue weighted by Gasteiger charge is -2.14. The van der Waals surface area contributed by atoms with E-state index in [-0.39, 0.29) is 11.5 Å². The normalized spacial score (nSPS) is 11.1. The molecule has 1 amide bonds. The Balaban J connectivity index is 1.62. The van der Waals surface area contributed by atoms with E-state index < -0.39 is 0 Å². The Morgan fingerprint density at radius 3 is 2.52 bits per heavy atom. The molecule has 0 unspecified atom stereocenters. The van der Waals surface area contributed by atoms with Crippen LogP contribution in [0.4, 0.5) is 5.69 Å². The smallest absolute Gasteiger partial charge is 0.277 e. The first-order valence-electron chi connectivity index (χ1n) is 10.6. The van der Waals surface area contributed by atoms with E-state index in [1.807, 2.05) is 61.5 Å². The molecule has 0 bridgehead atoms. The fourth-order valence-corrected chi connectivity index (χ4v) is 3.94. The predicted octanol–water partition coefficient (Wildman–Crippen LogP) is 4.27. The van der Waals surface area contributed by atoms with E-state index in [1.165, 1.54) is 0 Å². The largest absolute Gasteiger partial charge is 0.497 e. The van der Waals surface area contributed by atoms with Crippen molar-refractivity contribution in [3.05, 3.63) is 106 Å². The van der Waals surface area contributed by atoms with Crippen LogP contribution in [0.1, 0.15) is 21.5 Å². The molecule has 0 fully saturated rings. The molecule has 7 nitrogen and oxygen atoms in total. The van der Waals surface area contributed by atoms with Gasteiger partial charge in [0, 0.05) is 11.3 Å². The highest BCUT2D eigenvalue weighted by Crippen LogP contribution is 2.20. The van der Waals surface area contributed by atoms with Crippen LogP contribution in [-0.4, -0.2) is 27.2 Å². The summed E-state index contributed by atoms with van der Waals surface area (Å²) in [6, 6.07) is 22.2. The highest BCUT2D eigenvalue weighted by Gasteiger charge is 2.15. The van der Waals surface area contributed by atoms with Crippen LogP contribution in [0.25, 0.3) is 16.6 Å². The number of carbonyl (C=O) groups is 1. The molecule has 3 aromatic carbocycles. The topological polar surface area (TPSA) is 77.6 Å². The van der Waals surface area contributed by atoms with Crippen molar-refractivity contribution in [3.8, 4) is 5.75 Å². The van der Waals surface area contributed by atoms with Gasteiger partial charge in [0.25, 0.3) is 11.5 Å². The molecule has 2 heterocycles. The van der Waals surface area contributed by atoms with Crippen LogP contribution in [0.3, 0.4) is 0 Å². The summed E-state index contributed by atoms with van der Waals surface area (Å²) < 4.78 is 8.53. The van der Waals surface area contributed by atoms with E-state index in [0.29, 0.717) is 23.1 Å². The Bertz CT molecular complexity index is 1550. The minimum atomic E-state index is -0.241. The number of anilines is 1. The van der Waals surface area contributed by atoms with E-state index in [9.17, 15) is 9.59 Å². The Morgan fingerprint density at radius 1 is 0.970 bits per heavy atom. The maximum Gasteiger partial charge on any atom is 0.277 e. The molecule has 0 atom stereocenters. The number of rotatable bonds is 5. The molecule has 0 spiro atoms. The number of hydrogen-bond acceptors (Lipinski definition) is 4. The summed E-state index contributed by atoms with van der Waals surface area (Å²) in [6.45, 7) is 2.29. The van der Waals surface area contributed by atoms with Gasteiger partial charge in [-0.2, -0.15) is 5.10 Å². The molecular formula is C26H22N4O3. The Kier molecular flexibility index (Phi) is 5.14. The first-order chi connectivity index (χ1) is 16.0. The molecule has 7 heteroatoms. The third kappa shape index (κ3) is 3.74. The van der Waals surface area contributed by atoms with Crippen molar-refractivity contribution in [1.82, 2.24) is 14.2 Å². The van der Waals surface area contributed by atoms with Crippen molar-refractivity contribution in [2.45, 2.75) is 13.5 Å². The molecule has 0 aliphatic rings. The van der Waals surface area contributed by atoms with Crippen molar-refractivity contribution in [2.75, 3.05) is 12.4 Å². The summed E-state index contributed by atoms with van der Waals surface area (Å²) in [5.41, 5.74) is 4.81. The second-order valence-corrected chi connectivity index (χ2v) is 7.84. The number of aromatic nitrogens is 3. The number of benzene rings is 3. The van der Waals surface area contributed by atoms with Crippen molar-refractivity contribution in [1.29, 1.82) is 0 Å². The molecule has 0 aliphatic carbocycles. The first-order valence-corrected chi connectivity index (χ1v) is 10.6. The average Bonchev–Trinajstić information content (AvgIpc) is 3.34. The minimum absolute atomic E-state index is 0.174. The summed E-state index contributed by atoms with van der Waals surface area (Å²) in [5.74, 6) is 0.507. The van der Waals surface area contributed by atoms with Crippen molar-refractivity contribution >= 4 is 28.1 Å². The number of ether oxygens (including phenoxy) is 1. The zero-order valence-corrected chi connectivity index (χ0v) is 18.3. The molecule has 0 saturated carbocycles. The zero-order chi connectivity index (χ0) is 22.9. The summed E-state index contributed by atoms with van der Waals surface area (Å²) in [6.07, 6.45) is 1.60. The molecule has 2 aromatic heterocycles. The lowest BCUT2D eigenvalue weighted by atomic mass is 10.1. The summed E-state index contributed by atoms with van der Waals surface area (Å²) in [4.78, 5) is 26.3. The standard InChI is InChI=1S/C26H22N4O3/c1-17-5-3-4-6-21(17)28-25(31)19-9-12-22-24(15-19)29(26(32)23-13-14-27-30(22)23)16-18-7-10-20(33-2)11-8-18/h3-15H,16H2,1-2H3,(H,28,31). The molecular weight excluding hydrogens is 416 g/mol. The van der Waals surface area contributed by atoms with Crippen LogP contribution < -0.4 is 15.6 Å². The van der Waals surface area contributed by atoms with Crippen LogP contribution in [-0.2, 0) is 6.54 Å². The minimum Gasteiger partial charge on any atom is -0.497 e. The van der Waals surface area contributed by atoms with E-state index in [1.54, 1.807) is 40.6 Å². The Labute approximate surface area is 189 Å². The van der Waals surface area contributed by atoms with Crippen LogP contribution in [0.5, 0.6) is 5.75 Å². The van der Waals surface area contributed by atoms with Crippen molar-refractivity contribution < 1.29 is 9.53 Å². The SMILES string of the molecule is COc1ccc(Cn2c(=O)c3ccnn3c3ccc(C(=O)Nc4ccccc4C)cc32)cc1. The maximum absolute atomic E-state index is 13.3. The fourth-order valence-electron chi connectivity index (χ4n) is 3.94. The average molecular weight is 438 g/mol. The molecule has 5 aromatic rings. The van der Waals surface area contributed by atoms with Gasteiger partial charge in [-0.05, 0) is 60.5 Å². The van der Waals surface area contributed by atoms with Gasteiger partial charge in [0.15, 0.2) is 0 Å². The lowest BCUT2D eigenvalue weighted by Crippen LogP contribution is -2.24. The van der Waals surface area contributed by atoms with Gasteiger partial charge >= 0.3 is 0 Å². The summed E-state index contributed by atoms with van der Waals surface area (Å²) >= 11 is 0. The number of fused-ring (bicyclic) bond motifs is 3. The predicted molar refractivity (Wildman–Crippen MR) is 128 cm³/mol. The number of amides is 1. The maximum atomic E-state index is 13.3. The van der Waals surface area contributed by atoms with Crippen molar-refractivity contribution in [3.63, 3.8) is 0 Å². The van der Waals surface area contributed by atoms with Gasteiger partial charge in [-0.1, -0.05) is 30.3 Å². The third-order valence-electron chi connectivity index (χ3n) is 5.76. The molecule has 0 radical (unpaired) electrons. The third-order valence-corrected chi connectivity index (χ3v) is 5.76. The van der Waals surface area contributed by atoms with Crippen LogP contribution in [0, 0.1) is 6.92 Å². The van der Waals surface area contributed by atoms with E-state index >= 15 is 0 Å². The molecule has 1 N–H and O–H groups in total. The summed E-state index contributed by atoms with van der Waals surface area (Å²) in [5, 5.41) is 7.28. The van der Waals surface area contributed by atoms with Crippen LogP contribution >= 0.6 is 0 Å². The summed E-state index contributed by atoms with van der Waals surface area (Å²) in [7, 11) is 1.62. The molecule has 33 heavy (non-hydrogen) atoms. The molecule has 5 rings (SSSR count). The highest BCUT2D eigenvalue weighted by atomic mass is 16.5. The van der Waals surface area contributed by atoms with Crippen LogP contribution in [0.15, 0.2) is 83.8 Å². The number of nitrogens with zero attached hydrogens (tertiary/aromatic N) is 3. The van der Waals surface area contributed by atoms with Gasteiger partial charge < -0.3 is 14.6 Å². The van der Waals surface area contributed by atoms with E-state index in [4.69, 9.17) is 4.74 Å². The number of para-hydroxylation sites is 1. The first kappa shape index (κ1) is 20.5. The fraction of sp³-hybridized carbons (Fsp3) is 0.115. The number of hydrogen-bond donors (Lipinski definition) is 1. The van der Waals surface area contributed by atoms with Gasteiger partial charge in [-0.3, -0.25) is 9.59 Å². The van der Waals surface area contributed by atoms with Gasteiger partial charge in [0.05, 0.1) is 30.9 Å².